The normalized spacial score (nSPS) is 17.4. The maximum Gasteiger partial charge on any atom is 0.294 e. The van der Waals surface area contributed by atoms with E-state index >= 15 is 0 Å². The molecule has 1 amide bonds. The molecule has 1 saturated carbocycles. The first-order valence-corrected chi connectivity index (χ1v) is 9.76. The maximum atomic E-state index is 13.1. The number of nitro groups is 1. The van der Waals surface area contributed by atoms with Gasteiger partial charge in [-0.2, -0.15) is 0 Å². The Morgan fingerprint density at radius 2 is 1.93 bits per heavy atom. The summed E-state index contributed by atoms with van der Waals surface area (Å²) < 4.78 is 1.33. The van der Waals surface area contributed by atoms with Crippen LogP contribution >= 0.6 is 0 Å². The number of anilines is 1. The highest BCUT2D eigenvalue weighted by Crippen LogP contribution is 2.22. The molecule has 1 aliphatic heterocycles. The fourth-order valence-electron chi connectivity index (χ4n) is 4.11. The number of aromatic nitrogens is 2. The quantitative estimate of drug-likeness (QED) is 0.622. The van der Waals surface area contributed by atoms with E-state index in [2.05, 4.69) is 10.3 Å². The predicted octanol–water partition coefficient (Wildman–Crippen LogP) is 1.96. The third-order valence-corrected chi connectivity index (χ3v) is 5.55. The Labute approximate surface area is 161 Å². The van der Waals surface area contributed by atoms with Gasteiger partial charge in [-0.05, 0) is 31.7 Å². The van der Waals surface area contributed by atoms with Gasteiger partial charge in [0.2, 0.25) is 5.91 Å². The second-order valence-electron chi connectivity index (χ2n) is 7.50. The average Bonchev–Trinajstić information content (AvgIpc) is 3.37. The summed E-state index contributed by atoms with van der Waals surface area (Å²) in [5.41, 5.74) is 0.272. The highest BCUT2D eigenvalue weighted by atomic mass is 16.6. The first-order valence-electron chi connectivity index (χ1n) is 9.76. The van der Waals surface area contributed by atoms with Gasteiger partial charge in [0.1, 0.15) is 6.54 Å². The van der Waals surface area contributed by atoms with Crippen LogP contribution in [0.1, 0.15) is 38.5 Å². The molecular weight excluding hydrogens is 362 g/mol. The summed E-state index contributed by atoms with van der Waals surface area (Å²) in [6.07, 6.45) is 6.05. The molecule has 148 valence electrons. The molecule has 1 aliphatic carbocycles. The fourth-order valence-corrected chi connectivity index (χ4v) is 4.11. The van der Waals surface area contributed by atoms with E-state index in [-0.39, 0.29) is 29.7 Å². The number of carbonyl (C=O) groups is 1. The molecule has 9 nitrogen and oxygen atoms in total. The zero-order valence-corrected chi connectivity index (χ0v) is 15.6. The van der Waals surface area contributed by atoms with Crippen molar-refractivity contribution < 1.29 is 9.72 Å². The number of amides is 1. The molecule has 0 unspecified atom stereocenters. The Kier molecular flexibility index (Phi) is 4.97. The zero-order valence-electron chi connectivity index (χ0n) is 15.6. The molecule has 28 heavy (non-hydrogen) atoms. The Morgan fingerprint density at radius 1 is 1.21 bits per heavy atom. The minimum atomic E-state index is -0.513. The lowest BCUT2D eigenvalue weighted by Crippen LogP contribution is -2.39. The predicted molar refractivity (Wildman–Crippen MR) is 105 cm³/mol. The molecule has 0 radical (unpaired) electrons. The van der Waals surface area contributed by atoms with Crippen LogP contribution in [0, 0.1) is 10.1 Å². The molecule has 0 atom stereocenters. The van der Waals surface area contributed by atoms with Crippen molar-refractivity contribution in [2.24, 2.45) is 0 Å². The van der Waals surface area contributed by atoms with E-state index in [0.717, 1.165) is 51.6 Å². The van der Waals surface area contributed by atoms with Crippen LogP contribution < -0.4 is 15.8 Å². The monoisotopic (exact) mass is 385 g/mol. The Balaban J connectivity index is 1.76. The van der Waals surface area contributed by atoms with Gasteiger partial charge in [-0.1, -0.05) is 12.8 Å². The van der Waals surface area contributed by atoms with Gasteiger partial charge in [-0.3, -0.25) is 24.3 Å². The average molecular weight is 385 g/mol. The Morgan fingerprint density at radius 3 is 2.61 bits per heavy atom. The van der Waals surface area contributed by atoms with Gasteiger partial charge in [-0.15, -0.1) is 0 Å². The van der Waals surface area contributed by atoms with Crippen LogP contribution in [0.5, 0.6) is 0 Å². The van der Waals surface area contributed by atoms with Gasteiger partial charge in [0.25, 0.3) is 11.2 Å². The summed E-state index contributed by atoms with van der Waals surface area (Å²) in [5, 5.41) is 14.2. The van der Waals surface area contributed by atoms with E-state index in [9.17, 15) is 19.7 Å². The number of fused-ring (bicyclic) bond motifs is 1. The number of nitrogens with zero attached hydrogens (tertiary/aromatic N) is 4. The highest BCUT2D eigenvalue weighted by molar-refractivity contribution is 5.82. The van der Waals surface area contributed by atoms with Crippen molar-refractivity contribution in [3.63, 3.8) is 0 Å². The van der Waals surface area contributed by atoms with Crippen molar-refractivity contribution >= 4 is 28.4 Å². The van der Waals surface area contributed by atoms with Crippen molar-refractivity contribution in [1.82, 2.24) is 14.9 Å². The molecule has 0 spiro atoms. The van der Waals surface area contributed by atoms with Crippen LogP contribution in [0.15, 0.2) is 23.0 Å². The number of nitrogens with one attached hydrogen (secondary N) is 1. The first kappa shape index (κ1) is 18.4. The van der Waals surface area contributed by atoms with E-state index in [1.165, 1.54) is 22.8 Å². The van der Waals surface area contributed by atoms with Crippen molar-refractivity contribution in [3.05, 3.63) is 38.7 Å². The van der Waals surface area contributed by atoms with Crippen LogP contribution in [-0.2, 0) is 11.3 Å². The molecular formula is C19H23N5O4. The number of hydrogen-bond donors (Lipinski definition) is 1. The molecule has 1 aromatic carbocycles. The van der Waals surface area contributed by atoms with E-state index < -0.39 is 4.92 Å². The number of rotatable bonds is 5. The van der Waals surface area contributed by atoms with Gasteiger partial charge in [0, 0.05) is 31.3 Å². The molecule has 2 fully saturated rings. The maximum absolute atomic E-state index is 13.1. The lowest BCUT2D eigenvalue weighted by molar-refractivity contribution is -0.384. The minimum Gasteiger partial charge on any atom is -0.352 e. The number of benzene rings is 1. The molecule has 1 saturated heterocycles. The molecule has 1 aromatic heterocycles. The van der Waals surface area contributed by atoms with Crippen molar-refractivity contribution in [2.75, 3.05) is 18.0 Å². The third-order valence-electron chi connectivity index (χ3n) is 5.55. The van der Waals surface area contributed by atoms with Gasteiger partial charge >= 0.3 is 0 Å². The third kappa shape index (κ3) is 3.56. The largest absolute Gasteiger partial charge is 0.352 e. The van der Waals surface area contributed by atoms with Crippen LogP contribution in [0.2, 0.25) is 0 Å². The number of hydrogen-bond acceptors (Lipinski definition) is 6. The SMILES string of the molecule is O=C(Cn1c(=O)c(N2CCCC2)nc2ccc([N+](=O)[O-])cc21)NC1CCCC1. The van der Waals surface area contributed by atoms with Crippen molar-refractivity contribution in [2.45, 2.75) is 51.1 Å². The number of nitro benzene ring substituents is 1. The second kappa shape index (κ2) is 7.57. The summed E-state index contributed by atoms with van der Waals surface area (Å²) in [7, 11) is 0. The van der Waals surface area contributed by atoms with Crippen LogP contribution in [-0.4, -0.2) is 39.5 Å². The van der Waals surface area contributed by atoms with E-state index in [0.29, 0.717) is 16.9 Å². The summed E-state index contributed by atoms with van der Waals surface area (Å²) in [4.78, 5) is 42.8. The van der Waals surface area contributed by atoms with Gasteiger partial charge < -0.3 is 10.2 Å². The fraction of sp³-hybridized carbons (Fsp3) is 0.526. The van der Waals surface area contributed by atoms with Gasteiger partial charge in [0.15, 0.2) is 5.82 Å². The molecule has 2 heterocycles. The van der Waals surface area contributed by atoms with E-state index in [1.807, 2.05) is 4.90 Å². The molecule has 1 N–H and O–H groups in total. The van der Waals surface area contributed by atoms with Crippen LogP contribution in [0.25, 0.3) is 11.0 Å². The molecule has 0 bridgehead atoms. The Bertz CT molecular complexity index is 974. The summed E-state index contributed by atoms with van der Waals surface area (Å²) >= 11 is 0. The molecule has 2 aliphatic rings. The summed E-state index contributed by atoms with van der Waals surface area (Å²) in [5.74, 6) is 0.0629. The van der Waals surface area contributed by atoms with E-state index in [1.54, 1.807) is 0 Å². The molecule has 9 heteroatoms. The first-order chi connectivity index (χ1) is 13.5. The van der Waals surface area contributed by atoms with Crippen LogP contribution in [0.3, 0.4) is 0 Å². The standard InChI is InChI=1S/C19H23N5O4/c25-17(20-13-5-1-2-6-13)12-23-16-11-14(24(27)28)7-8-15(16)21-18(19(23)26)22-9-3-4-10-22/h7-8,11,13H,1-6,9-10,12H2,(H,20,25). The summed E-state index contributed by atoms with van der Waals surface area (Å²) in [6, 6.07) is 4.37. The van der Waals surface area contributed by atoms with Crippen LogP contribution in [0.4, 0.5) is 11.5 Å². The van der Waals surface area contributed by atoms with Gasteiger partial charge in [-0.25, -0.2) is 4.98 Å². The highest BCUT2D eigenvalue weighted by Gasteiger charge is 2.23. The summed E-state index contributed by atoms with van der Waals surface area (Å²) in [6.45, 7) is 1.32. The molecule has 2 aromatic rings. The van der Waals surface area contributed by atoms with Gasteiger partial charge in [0.05, 0.1) is 16.0 Å². The van der Waals surface area contributed by atoms with Crippen molar-refractivity contribution in [3.8, 4) is 0 Å². The number of non-ortho nitro benzene ring substituents is 1. The number of carbonyl (C=O) groups excluding carboxylic acids is 1. The lowest BCUT2D eigenvalue weighted by atomic mass is 10.2. The minimum absolute atomic E-state index is 0.132. The Hall–Kier alpha value is -2.97. The second-order valence-corrected chi connectivity index (χ2v) is 7.50. The topological polar surface area (TPSA) is 110 Å². The molecule has 4 rings (SSSR count). The smallest absolute Gasteiger partial charge is 0.294 e. The zero-order chi connectivity index (χ0) is 19.7. The van der Waals surface area contributed by atoms with E-state index in [4.69, 9.17) is 0 Å². The van der Waals surface area contributed by atoms with Crippen molar-refractivity contribution in [1.29, 1.82) is 0 Å². The lowest BCUT2D eigenvalue weighted by Gasteiger charge is -2.19.